The summed E-state index contributed by atoms with van der Waals surface area (Å²) in [6, 6.07) is 8.70. The van der Waals surface area contributed by atoms with Crippen molar-refractivity contribution in [3.8, 4) is 0 Å². The monoisotopic (exact) mass is 241 g/mol. The molecule has 18 heavy (non-hydrogen) atoms. The van der Waals surface area contributed by atoms with Crippen LogP contribution in [0.4, 0.5) is 0 Å². The zero-order valence-corrected chi connectivity index (χ0v) is 10.4. The summed E-state index contributed by atoms with van der Waals surface area (Å²) in [7, 11) is 0. The van der Waals surface area contributed by atoms with Crippen molar-refractivity contribution >= 4 is 16.9 Å². The molecule has 0 spiro atoms. The molecular weight excluding hydrogens is 224 g/mol. The van der Waals surface area contributed by atoms with Gasteiger partial charge in [-0.3, -0.25) is 4.99 Å². The van der Waals surface area contributed by atoms with E-state index in [9.17, 15) is 0 Å². The summed E-state index contributed by atoms with van der Waals surface area (Å²) in [5.74, 6) is 2.35. The number of fused-ring (bicyclic) bond motifs is 3. The Kier molecular flexibility index (Phi) is 2.15. The van der Waals surface area contributed by atoms with E-state index < -0.39 is 0 Å². The number of aryl methyl sites for hydroxylation is 2. The van der Waals surface area contributed by atoms with Gasteiger partial charge in [-0.25, -0.2) is 9.13 Å². The Morgan fingerprint density at radius 1 is 1.22 bits per heavy atom. The van der Waals surface area contributed by atoms with Crippen LogP contribution < -0.4 is 9.88 Å². The van der Waals surface area contributed by atoms with Crippen molar-refractivity contribution in [2.24, 2.45) is 4.99 Å². The number of nitrogens with one attached hydrogen (secondary N) is 1. The predicted octanol–water partition coefficient (Wildman–Crippen LogP) is 1.07. The van der Waals surface area contributed by atoms with Crippen molar-refractivity contribution in [2.45, 2.75) is 25.9 Å². The van der Waals surface area contributed by atoms with E-state index in [4.69, 9.17) is 4.99 Å². The van der Waals surface area contributed by atoms with E-state index in [0.717, 1.165) is 44.9 Å². The highest BCUT2D eigenvalue weighted by atomic mass is 15.2. The number of aliphatic imine (C=N–C) groups is 1. The highest BCUT2D eigenvalue weighted by Crippen LogP contribution is 2.18. The van der Waals surface area contributed by atoms with Gasteiger partial charge in [0, 0.05) is 25.9 Å². The van der Waals surface area contributed by atoms with Gasteiger partial charge in [-0.1, -0.05) is 12.1 Å². The molecule has 92 valence electrons. The van der Waals surface area contributed by atoms with Gasteiger partial charge in [-0.05, 0) is 12.1 Å². The van der Waals surface area contributed by atoms with Gasteiger partial charge in [-0.15, -0.1) is 0 Å². The van der Waals surface area contributed by atoms with Gasteiger partial charge in [0.1, 0.15) is 0 Å². The lowest BCUT2D eigenvalue weighted by molar-refractivity contribution is -0.673. The van der Waals surface area contributed by atoms with Gasteiger partial charge >= 0.3 is 5.82 Å². The van der Waals surface area contributed by atoms with E-state index in [-0.39, 0.29) is 0 Å². The Morgan fingerprint density at radius 3 is 3.17 bits per heavy atom. The second-order valence-corrected chi connectivity index (χ2v) is 4.98. The summed E-state index contributed by atoms with van der Waals surface area (Å²) in [6.07, 6.45) is 2.28. The Bertz CT molecular complexity index is 639. The minimum Gasteiger partial charge on any atom is -0.363 e. The van der Waals surface area contributed by atoms with E-state index in [2.05, 4.69) is 38.7 Å². The fourth-order valence-electron chi connectivity index (χ4n) is 3.07. The smallest absolute Gasteiger partial charge is 0.325 e. The molecule has 1 aromatic heterocycles. The molecule has 0 radical (unpaired) electrons. The Morgan fingerprint density at radius 2 is 2.17 bits per heavy atom. The number of hydrogen-bond acceptors (Lipinski definition) is 2. The second kappa shape index (κ2) is 3.83. The maximum Gasteiger partial charge on any atom is 0.325 e. The van der Waals surface area contributed by atoms with Crippen molar-refractivity contribution in [1.29, 1.82) is 0 Å². The van der Waals surface area contributed by atoms with Crippen LogP contribution in [-0.4, -0.2) is 23.5 Å². The first kappa shape index (κ1) is 10.1. The van der Waals surface area contributed by atoms with Crippen LogP contribution in [0.25, 0.3) is 11.0 Å². The van der Waals surface area contributed by atoms with Crippen LogP contribution in [0.15, 0.2) is 29.3 Å². The molecule has 0 bridgehead atoms. The average Bonchev–Trinajstić information content (AvgIpc) is 2.58. The van der Waals surface area contributed by atoms with Crippen LogP contribution >= 0.6 is 0 Å². The number of aromatic nitrogens is 2. The molecule has 0 atom stereocenters. The fourth-order valence-corrected chi connectivity index (χ4v) is 3.07. The minimum absolute atomic E-state index is 0.929. The molecule has 1 aromatic carbocycles. The van der Waals surface area contributed by atoms with Crippen molar-refractivity contribution in [3.63, 3.8) is 0 Å². The van der Waals surface area contributed by atoms with E-state index >= 15 is 0 Å². The van der Waals surface area contributed by atoms with E-state index in [1.54, 1.807) is 0 Å². The summed E-state index contributed by atoms with van der Waals surface area (Å²) in [4.78, 5) is 4.71. The van der Waals surface area contributed by atoms with Crippen LogP contribution in [0.2, 0.25) is 0 Å². The topological polar surface area (TPSA) is 33.2 Å². The minimum atomic E-state index is 0.929. The maximum absolute atomic E-state index is 4.71. The molecule has 0 unspecified atom stereocenters. The third kappa shape index (κ3) is 1.32. The zero-order valence-electron chi connectivity index (χ0n) is 10.4. The van der Waals surface area contributed by atoms with Crippen LogP contribution in [0.5, 0.6) is 0 Å². The van der Waals surface area contributed by atoms with E-state index in [1.807, 2.05) is 0 Å². The quantitative estimate of drug-likeness (QED) is 0.688. The number of benzene rings is 1. The maximum atomic E-state index is 4.71. The SMILES string of the molecule is c1ccc2c(c1)n1c3[n+]2CCCN=C3NCCC1. The first-order valence-electron chi connectivity index (χ1n) is 6.75. The molecule has 0 saturated heterocycles. The van der Waals surface area contributed by atoms with Gasteiger partial charge < -0.3 is 5.32 Å². The van der Waals surface area contributed by atoms with Gasteiger partial charge in [0.2, 0.25) is 5.84 Å². The molecule has 2 aliphatic heterocycles. The molecule has 0 amide bonds. The summed E-state index contributed by atoms with van der Waals surface area (Å²) in [5.41, 5.74) is 2.68. The normalized spacial score (nSPS) is 18.6. The standard InChI is InChI=1S/C14H17N4/c1-2-6-12-11(5-1)17-9-3-7-15-13-14(17)18(12)10-4-8-16-13/h1-2,5-6H,3-4,7-10H2,(H,15,16)/q+1. The van der Waals surface area contributed by atoms with Gasteiger partial charge in [0.05, 0.1) is 13.1 Å². The number of imidazole rings is 1. The molecular formula is C14H17N4+. The molecule has 0 saturated carbocycles. The summed E-state index contributed by atoms with van der Waals surface area (Å²) in [5, 5.41) is 3.49. The molecule has 0 aliphatic carbocycles. The van der Waals surface area contributed by atoms with Crippen LogP contribution in [0, 0.1) is 0 Å². The molecule has 4 heteroatoms. The Hall–Kier alpha value is -1.84. The summed E-state index contributed by atoms with van der Waals surface area (Å²) in [6.45, 7) is 4.10. The lowest BCUT2D eigenvalue weighted by atomic mass is 10.3. The fraction of sp³-hybridized carbons (Fsp3) is 0.429. The van der Waals surface area contributed by atoms with Crippen molar-refractivity contribution in [3.05, 3.63) is 30.1 Å². The number of amidine groups is 1. The molecule has 4 rings (SSSR count). The summed E-state index contributed by atoms with van der Waals surface area (Å²) >= 11 is 0. The van der Waals surface area contributed by atoms with Crippen molar-refractivity contribution < 1.29 is 4.57 Å². The molecule has 3 heterocycles. The largest absolute Gasteiger partial charge is 0.363 e. The molecule has 2 aromatic rings. The number of hydrogen-bond donors (Lipinski definition) is 1. The molecule has 0 fully saturated rings. The van der Waals surface area contributed by atoms with E-state index in [0.29, 0.717) is 0 Å². The van der Waals surface area contributed by atoms with Crippen LogP contribution in [0.1, 0.15) is 18.7 Å². The lowest BCUT2D eigenvalue weighted by Gasteiger charge is -2.01. The third-order valence-corrected chi connectivity index (χ3v) is 3.85. The van der Waals surface area contributed by atoms with Gasteiger partial charge in [0.25, 0.3) is 0 Å². The van der Waals surface area contributed by atoms with Crippen LogP contribution in [0.3, 0.4) is 0 Å². The molecule has 4 nitrogen and oxygen atoms in total. The van der Waals surface area contributed by atoms with Gasteiger partial charge in [0.15, 0.2) is 11.0 Å². The van der Waals surface area contributed by atoms with Crippen LogP contribution in [-0.2, 0) is 13.1 Å². The highest BCUT2D eigenvalue weighted by molar-refractivity contribution is 5.96. The molecule has 2 aliphatic rings. The number of rotatable bonds is 0. The van der Waals surface area contributed by atoms with E-state index in [1.165, 1.54) is 16.9 Å². The summed E-state index contributed by atoms with van der Waals surface area (Å²) < 4.78 is 4.86. The van der Waals surface area contributed by atoms with Crippen molar-refractivity contribution in [2.75, 3.05) is 13.1 Å². The lowest BCUT2D eigenvalue weighted by Crippen LogP contribution is -2.42. The third-order valence-electron chi connectivity index (χ3n) is 3.85. The van der Waals surface area contributed by atoms with Crippen molar-refractivity contribution in [1.82, 2.24) is 9.88 Å². The molecule has 1 N–H and O–H groups in total. The number of nitrogens with zero attached hydrogens (tertiary/aromatic N) is 3. The highest BCUT2D eigenvalue weighted by Gasteiger charge is 2.31. The number of para-hydroxylation sites is 2. The first-order chi connectivity index (χ1) is 8.95. The predicted molar refractivity (Wildman–Crippen MR) is 70.8 cm³/mol. The Balaban J connectivity index is 2.11. The Labute approximate surface area is 106 Å². The second-order valence-electron chi connectivity index (χ2n) is 4.98. The first-order valence-corrected chi connectivity index (χ1v) is 6.75. The van der Waals surface area contributed by atoms with Gasteiger partial charge in [-0.2, -0.15) is 0 Å². The average molecular weight is 241 g/mol. The zero-order chi connectivity index (χ0) is 11.9.